The quantitative estimate of drug-likeness (QED) is 0.549. The highest BCUT2D eigenvalue weighted by molar-refractivity contribution is 7.81. The van der Waals surface area contributed by atoms with E-state index in [-0.39, 0.29) is 0 Å². The molecule has 0 bridgehead atoms. The van der Waals surface area contributed by atoms with E-state index in [0.717, 1.165) is 13.8 Å². The molecule has 66 valence electrons. The first-order chi connectivity index (χ1) is 4.65. The van der Waals surface area contributed by atoms with Gasteiger partial charge in [0.2, 0.25) is 0 Å². The van der Waals surface area contributed by atoms with Gasteiger partial charge in [0.1, 0.15) is 0 Å². The van der Waals surface area contributed by atoms with Gasteiger partial charge in [0.25, 0.3) is 5.91 Å². The number of hydrogen-bond donors (Lipinski definition) is 2. The van der Waals surface area contributed by atoms with Crippen molar-refractivity contribution in [1.29, 1.82) is 0 Å². The Morgan fingerprint density at radius 3 is 2.00 bits per heavy atom. The molecule has 7 heteroatoms. The van der Waals surface area contributed by atoms with Crippen LogP contribution in [0.5, 0.6) is 0 Å². The molecule has 0 atom stereocenters. The van der Waals surface area contributed by atoms with Crippen LogP contribution in [0.3, 0.4) is 0 Å². The van der Waals surface area contributed by atoms with Gasteiger partial charge in [0.05, 0.1) is 0 Å². The van der Waals surface area contributed by atoms with Crippen molar-refractivity contribution in [1.82, 2.24) is 0 Å². The Labute approximate surface area is 64.3 Å². The molecule has 0 aromatic rings. The van der Waals surface area contributed by atoms with Crippen molar-refractivity contribution < 1.29 is 21.9 Å². The molecule has 0 aliphatic carbocycles. The lowest BCUT2D eigenvalue weighted by Crippen LogP contribution is -2.42. The smallest absolute Gasteiger partial charge is 0.367 e. The molecular weight excluding hydrogens is 174 g/mol. The zero-order valence-electron chi connectivity index (χ0n) is 6.07. The van der Waals surface area contributed by atoms with E-state index in [1.807, 2.05) is 0 Å². The second-order valence-corrected chi connectivity index (χ2v) is 3.41. The summed E-state index contributed by atoms with van der Waals surface area (Å²) in [5.74, 6) is -0.977. The molecule has 0 fully saturated rings. The molecule has 0 aromatic carbocycles. The largest absolute Gasteiger partial charge is 0.398 e. The summed E-state index contributed by atoms with van der Waals surface area (Å²) in [6, 6.07) is 0. The van der Waals surface area contributed by atoms with E-state index in [1.54, 1.807) is 0 Å². The molecule has 0 radical (unpaired) electrons. The van der Waals surface area contributed by atoms with E-state index in [9.17, 15) is 13.2 Å². The van der Waals surface area contributed by atoms with Crippen LogP contribution in [0.1, 0.15) is 13.8 Å². The number of nitrogens with two attached hydrogens (primary N) is 1. The van der Waals surface area contributed by atoms with Crippen LogP contribution in [0.4, 0.5) is 0 Å². The normalized spacial score (nSPS) is 13.0. The van der Waals surface area contributed by atoms with Gasteiger partial charge in [0.15, 0.2) is 5.60 Å². The Hall–Kier alpha value is -0.660. The van der Waals surface area contributed by atoms with Crippen molar-refractivity contribution in [2.24, 2.45) is 5.73 Å². The van der Waals surface area contributed by atoms with E-state index < -0.39 is 21.9 Å². The number of carbonyl (C=O) groups excluding carboxylic acids is 1. The first-order valence-electron chi connectivity index (χ1n) is 2.63. The second-order valence-electron chi connectivity index (χ2n) is 2.39. The predicted octanol–water partition coefficient (Wildman–Crippen LogP) is -0.930. The molecule has 11 heavy (non-hydrogen) atoms. The second kappa shape index (κ2) is 2.76. The Bertz CT molecular complexity index is 254. The lowest BCUT2D eigenvalue weighted by Gasteiger charge is -2.17. The highest BCUT2D eigenvalue weighted by atomic mass is 32.3. The summed E-state index contributed by atoms with van der Waals surface area (Å²) in [5, 5.41) is 0. The summed E-state index contributed by atoms with van der Waals surface area (Å²) >= 11 is 0. The summed E-state index contributed by atoms with van der Waals surface area (Å²) in [6.45, 7) is 2.26. The van der Waals surface area contributed by atoms with Crippen LogP contribution in [-0.4, -0.2) is 24.5 Å². The molecule has 0 saturated carbocycles. The van der Waals surface area contributed by atoms with Crippen LogP contribution in [-0.2, 0) is 19.4 Å². The summed E-state index contributed by atoms with van der Waals surface area (Å²) < 4.78 is 32.2. The Balaban J connectivity index is 4.51. The lowest BCUT2D eigenvalue weighted by molar-refractivity contribution is -0.130. The molecule has 0 unspecified atom stereocenters. The van der Waals surface area contributed by atoms with E-state index in [4.69, 9.17) is 10.3 Å². The Morgan fingerprint density at radius 1 is 1.55 bits per heavy atom. The molecule has 0 aromatic heterocycles. The first-order valence-corrected chi connectivity index (χ1v) is 3.99. The third-order valence-corrected chi connectivity index (χ3v) is 1.53. The van der Waals surface area contributed by atoms with Crippen molar-refractivity contribution in [3.8, 4) is 0 Å². The fourth-order valence-corrected chi connectivity index (χ4v) is 0.913. The van der Waals surface area contributed by atoms with Gasteiger partial charge in [0, 0.05) is 0 Å². The highest BCUT2D eigenvalue weighted by Crippen LogP contribution is 2.10. The summed E-state index contributed by atoms with van der Waals surface area (Å²) in [7, 11) is -4.63. The van der Waals surface area contributed by atoms with Crippen molar-refractivity contribution >= 4 is 16.3 Å². The van der Waals surface area contributed by atoms with E-state index in [2.05, 4.69) is 4.18 Å². The van der Waals surface area contributed by atoms with Crippen molar-refractivity contribution in [2.75, 3.05) is 0 Å². The van der Waals surface area contributed by atoms with E-state index >= 15 is 0 Å². The van der Waals surface area contributed by atoms with E-state index in [1.165, 1.54) is 0 Å². The van der Waals surface area contributed by atoms with Gasteiger partial charge in [-0.1, -0.05) is 0 Å². The van der Waals surface area contributed by atoms with Crippen LogP contribution in [0.15, 0.2) is 0 Å². The van der Waals surface area contributed by atoms with Crippen LogP contribution in [0.25, 0.3) is 0 Å². The van der Waals surface area contributed by atoms with Crippen LogP contribution < -0.4 is 5.73 Å². The van der Waals surface area contributed by atoms with Gasteiger partial charge in [-0.05, 0) is 13.8 Å². The zero-order valence-corrected chi connectivity index (χ0v) is 6.88. The maximum Gasteiger partial charge on any atom is 0.398 e. The number of carbonyl (C=O) groups is 1. The fraction of sp³-hybridized carbons (Fsp3) is 0.750. The molecule has 1 amide bonds. The minimum absolute atomic E-state index is 0.977. The number of amides is 1. The molecular formula is C4H9NO5S. The lowest BCUT2D eigenvalue weighted by atomic mass is 10.1. The predicted molar refractivity (Wildman–Crippen MR) is 35.9 cm³/mol. The number of primary amides is 1. The molecule has 3 N–H and O–H groups in total. The maximum atomic E-state index is 10.4. The summed E-state index contributed by atoms with van der Waals surface area (Å²) in [5.41, 5.74) is 3.02. The zero-order chi connectivity index (χ0) is 9.28. The highest BCUT2D eigenvalue weighted by Gasteiger charge is 2.31. The third kappa shape index (κ3) is 3.91. The minimum Gasteiger partial charge on any atom is -0.367 e. The van der Waals surface area contributed by atoms with Crippen molar-refractivity contribution in [3.05, 3.63) is 0 Å². The van der Waals surface area contributed by atoms with Gasteiger partial charge < -0.3 is 5.73 Å². The molecule has 0 heterocycles. The standard InChI is InChI=1S/C4H9NO5S/c1-4(2,3(5)6)10-11(7,8)9/h1-2H3,(H2,5,6)(H,7,8,9). The van der Waals surface area contributed by atoms with Gasteiger partial charge in [-0.25, -0.2) is 4.18 Å². The maximum absolute atomic E-state index is 10.4. The van der Waals surface area contributed by atoms with Crippen molar-refractivity contribution in [3.63, 3.8) is 0 Å². The topological polar surface area (TPSA) is 107 Å². The average molecular weight is 183 g/mol. The van der Waals surface area contributed by atoms with E-state index in [0.29, 0.717) is 0 Å². The molecule has 0 aliphatic heterocycles. The minimum atomic E-state index is -4.63. The number of rotatable bonds is 3. The Morgan fingerprint density at radius 2 is 1.91 bits per heavy atom. The van der Waals surface area contributed by atoms with Crippen LogP contribution in [0, 0.1) is 0 Å². The van der Waals surface area contributed by atoms with Gasteiger partial charge in [-0.3, -0.25) is 9.35 Å². The molecule has 6 nitrogen and oxygen atoms in total. The molecule has 0 aliphatic rings. The first kappa shape index (κ1) is 10.3. The van der Waals surface area contributed by atoms with Gasteiger partial charge in [-0.15, -0.1) is 0 Å². The summed E-state index contributed by atoms with van der Waals surface area (Å²) in [6.07, 6.45) is 0. The fourth-order valence-electron chi connectivity index (χ4n) is 0.304. The Kier molecular flexibility index (Phi) is 2.60. The van der Waals surface area contributed by atoms with Gasteiger partial charge >= 0.3 is 10.4 Å². The van der Waals surface area contributed by atoms with Gasteiger partial charge in [-0.2, -0.15) is 8.42 Å². The van der Waals surface area contributed by atoms with Crippen LogP contribution >= 0.6 is 0 Å². The third-order valence-electron chi connectivity index (χ3n) is 0.907. The summed E-state index contributed by atoms with van der Waals surface area (Å²) in [4.78, 5) is 10.4. The average Bonchev–Trinajstić information content (AvgIpc) is 1.56. The van der Waals surface area contributed by atoms with Crippen molar-refractivity contribution in [2.45, 2.75) is 19.4 Å². The number of hydrogen-bond acceptors (Lipinski definition) is 4. The molecule has 0 spiro atoms. The monoisotopic (exact) mass is 183 g/mol. The van der Waals surface area contributed by atoms with Crippen LogP contribution in [0.2, 0.25) is 0 Å². The molecule has 0 saturated heterocycles. The molecule has 0 rings (SSSR count). The SMILES string of the molecule is CC(C)(OS(=O)(=O)O)C(N)=O.